The molecule has 0 aliphatic heterocycles. The Balaban J connectivity index is 1.73. The number of benzene rings is 2. The van der Waals surface area contributed by atoms with E-state index in [0.717, 1.165) is 16.3 Å². The monoisotopic (exact) mass is 478 g/mol. The van der Waals surface area contributed by atoms with Gasteiger partial charge in [-0.15, -0.1) is 11.3 Å². The lowest BCUT2D eigenvalue weighted by Crippen LogP contribution is -2.46. The second-order valence-electron chi connectivity index (χ2n) is 7.88. The Morgan fingerprint density at radius 2 is 1.94 bits per heavy atom. The minimum absolute atomic E-state index is 0.173. The summed E-state index contributed by atoms with van der Waals surface area (Å²) in [6.07, 6.45) is -0.721. The molecule has 0 aliphatic rings. The van der Waals surface area contributed by atoms with Crippen molar-refractivity contribution in [3.8, 4) is 0 Å². The van der Waals surface area contributed by atoms with Gasteiger partial charge in [0.25, 0.3) is 11.8 Å². The molecule has 2 N–H and O–H groups in total. The zero-order valence-corrected chi connectivity index (χ0v) is 19.8. The summed E-state index contributed by atoms with van der Waals surface area (Å²) < 4.78 is 0. The van der Waals surface area contributed by atoms with E-state index in [0.29, 0.717) is 24.1 Å². The Hall–Kier alpha value is -3.72. The molecule has 34 heavy (non-hydrogen) atoms. The van der Waals surface area contributed by atoms with Crippen LogP contribution in [0.25, 0.3) is 10.4 Å². The number of azide groups is 1. The fraction of sp³-hybridized carbons (Fsp3) is 0.292. The number of thiazole rings is 1. The molecule has 0 bridgehead atoms. The Labute approximate surface area is 201 Å². The van der Waals surface area contributed by atoms with Crippen LogP contribution >= 0.6 is 11.3 Å². The zero-order valence-electron chi connectivity index (χ0n) is 19.0. The van der Waals surface area contributed by atoms with E-state index in [9.17, 15) is 14.7 Å². The van der Waals surface area contributed by atoms with Crippen LogP contribution < -0.4 is 5.32 Å². The molecule has 9 nitrogen and oxygen atoms in total. The summed E-state index contributed by atoms with van der Waals surface area (Å²) in [6.45, 7) is 2.10. The van der Waals surface area contributed by atoms with E-state index in [2.05, 4.69) is 20.3 Å². The maximum Gasteiger partial charge on any atom is 0.253 e. The van der Waals surface area contributed by atoms with Gasteiger partial charge in [0.1, 0.15) is 5.01 Å². The highest BCUT2D eigenvalue weighted by atomic mass is 32.1. The number of nitrogens with zero attached hydrogens (tertiary/aromatic N) is 5. The van der Waals surface area contributed by atoms with Crippen molar-refractivity contribution in [3.63, 3.8) is 0 Å². The Morgan fingerprint density at radius 1 is 1.21 bits per heavy atom. The lowest BCUT2D eigenvalue weighted by molar-refractivity contribution is 0.0785. The van der Waals surface area contributed by atoms with Gasteiger partial charge in [0, 0.05) is 34.2 Å². The van der Waals surface area contributed by atoms with Gasteiger partial charge in [0.15, 0.2) is 0 Å². The van der Waals surface area contributed by atoms with Crippen LogP contribution in [0.2, 0.25) is 0 Å². The van der Waals surface area contributed by atoms with Gasteiger partial charge in [-0.05, 0) is 42.6 Å². The van der Waals surface area contributed by atoms with Crippen LogP contribution in [0.15, 0.2) is 65.1 Å². The smallest absolute Gasteiger partial charge is 0.253 e. The van der Waals surface area contributed by atoms with Crippen molar-refractivity contribution in [2.24, 2.45) is 5.11 Å². The second-order valence-corrected chi connectivity index (χ2v) is 8.82. The molecule has 1 aromatic heterocycles. The lowest BCUT2D eigenvalue weighted by Gasteiger charge is -2.23. The molecule has 0 radical (unpaired) electrons. The number of amides is 2. The van der Waals surface area contributed by atoms with Crippen LogP contribution in [0.3, 0.4) is 0 Å². The highest BCUT2D eigenvalue weighted by Gasteiger charge is 2.23. The third kappa shape index (κ3) is 6.89. The van der Waals surface area contributed by atoms with Crippen molar-refractivity contribution in [2.75, 3.05) is 13.6 Å². The van der Waals surface area contributed by atoms with Gasteiger partial charge in [-0.3, -0.25) is 9.59 Å². The van der Waals surface area contributed by atoms with Crippen molar-refractivity contribution < 1.29 is 14.7 Å². The Morgan fingerprint density at radius 3 is 2.62 bits per heavy atom. The molecule has 2 atom stereocenters. The van der Waals surface area contributed by atoms with Crippen LogP contribution in [0, 0.1) is 6.92 Å². The van der Waals surface area contributed by atoms with Crippen LogP contribution in [0.1, 0.15) is 37.0 Å². The fourth-order valence-corrected chi connectivity index (χ4v) is 4.24. The van der Waals surface area contributed by atoms with Crippen LogP contribution in [0.5, 0.6) is 0 Å². The van der Waals surface area contributed by atoms with E-state index < -0.39 is 18.1 Å². The van der Waals surface area contributed by atoms with Crippen molar-refractivity contribution in [1.29, 1.82) is 0 Å². The third-order valence-corrected chi connectivity index (χ3v) is 6.12. The molecule has 2 aromatic carbocycles. The maximum absolute atomic E-state index is 13.0. The quantitative estimate of drug-likeness (QED) is 0.261. The Kier molecular flexibility index (Phi) is 8.75. The number of carbonyl (C=O) groups excluding carboxylic acids is 2. The van der Waals surface area contributed by atoms with E-state index in [4.69, 9.17) is 5.53 Å². The molecular formula is C24H26N6O3S. The number of hydrogen-bond acceptors (Lipinski definition) is 6. The Bertz CT molecular complexity index is 1180. The number of nitrogens with one attached hydrogen (secondary N) is 1. The van der Waals surface area contributed by atoms with E-state index in [1.807, 2.05) is 42.6 Å². The zero-order chi connectivity index (χ0) is 24.5. The average Bonchev–Trinajstić information content (AvgIpc) is 3.26. The average molecular weight is 479 g/mol. The standard InChI is InChI=1S/C24H26N6O3S/c1-16-15-34-22(27-16)14-30(2)24(33)19-10-6-9-18(12-19)23(32)28-20(21(31)13-26-29-25)11-17-7-4-3-5-8-17/h3-10,12,15,20-21,31H,11,13-14H2,1-2H3,(H,28,32)/t20-,21+/m0/s1. The normalized spacial score (nSPS) is 12.3. The molecule has 3 aromatic rings. The highest BCUT2D eigenvalue weighted by Crippen LogP contribution is 2.15. The van der Waals surface area contributed by atoms with Crippen molar-refractivity contribution in [1.82, 2.24) is 15.2 Å². The number of aromatic nitrogens is 1. The number of rotatable bonds is 10. The van der Waals surface area contributed by atoms with Gasteiger partial charge in [-0.25, -0.2) is 4.98 Å². The number of aryl methyl sites for hydroxylation is 1. The number of hydrogen-bond donors (Lipinski definition) is 2. The van der Waals surface area contributed by atoms with Gasteiger partial charge < -0.3 is 15.3 Å². The predicted molar refractivity (Wildman–Crippen MR) is 131 cm³/mol. The second kappa shape index (κ2) is 11.9. The summed E-state index contributed by atoms with van der Waals surface area (Å²) >= 11 is 1.49. The summed E-state index contributed by atoms with van der Waals surface area (Å²) in [4.78, 5) is 34.5. The SMILES string of the molecule is Cc1csc(CN(C)C(=O)c2cccc(C(=O)N[C@@H](Cc3ccccc3)[C@H](O)CN=[N+]=[N-])c2)n1. The molecular weight excluding hydrogens is 452 g/mol. The van der Waals surface area contributed by atoms with Crippen LogP contribution in [-0.2, 0) is 13.0 Å². The maximum atomic E-state index is 13.0. The number of carbonyl (C=O) groups is 2. The van der Waals surface area contributed by atoms with E-state index in [1.54, 1.807) is 30.1 Å². The minimum Gasteiger partial charge on any atom is -0.391 e. The molecule has 0 fully saturated rings. The molecule has 0 spiro atoms. The summed E-state index contributed by atoms with van der Waals surface area (Å²) in [5, 5.41) is 19.5. The van der Waals surface area contributed by atoms with Crippen molar-refractivity contribution in [2.45, 2.75) is 32.0 Å². The van der Waals surface area contributed by atoms with Gasteiger partial charge in [-0.2, -0.15) is 0 Å². The van der Waals surface area contributed by atoms with Crippen LogP contribution in [0.4, 0.5) is 0 Å². The van der Waals surface area contributed by atoms with Crippen LogP contribution in [-0.4, -0.2) is 52.5 Å². The summed E-state index contributed by atoms with van der Waals surface area (Å²) in [5.41, 5.74) is 11.1. The highest BCUT2D eigenvalue weighted by molar-refractivity contribution is 7.09. The molecule has 0 saturated carbocycles. The topological polar surface area (TPSA) is 131 Å². The molecule has 0 aliphatic carbocycles. The summed E-state index contributed by atoms with van der Waals surface area (Å²) in [7, 11) is 1.69. The van der Waals surface area contributed by atoms with Gasteiger partial charge in [0.2, 0.25) is 0 Å². The first-order chi connectivity index (χ1) is 16.4. The van der Waals surface area contributed by atoms with E-state index in [1.165, 1.54) is 17.4 Å². The molecule has 176 valence electrons. The third-order valence-electron chi connectivity index (χ3n) is 5.17. The van der Waals surface area contributed by atoms with E-state index >= 15 is 0 Å². The lowest BCUT2D eigenvalue weighted by atomic mass is 10.0. The van der Waals surface area contributed by atoms with Crippen molar-refractivity contribution in [3.05, 3.63) is 97.8 Å². The largest absolute Gasteiger partial charge is 0.391 e. The summed E-state index contributed by atoms with van der Waals surface area (Å²) in [5.74, 6) is -0.666. The molecule has 3 rings (SSSR count). The minimum atomic E-state index is -1.07. The van der Waals surface area contributed by atoms with Gasteiger partial charge >= 0.3 is 0 Å². The van der Waals surface area contributed by atoms with Gasteiger partial charge in [0.05, 0.1) is 25.2 Å². The molecule has 0 saturated heterocycles. The molecule has 0 unspecified atom stereocenters. The van der Waals surface area contributed by atoms with E-state index in [-0.39, 0.29) is 12.5 Å². The number of aliphatic hydroxyl groups excluding tert-OH is 1. The molecule has 2 amide bonds. The first-order valence-corrected chi connectivity index (χ1v) is 11.6. The molecule has 10 heteroatoms. The number of aliphatic hydroxyl groups is 1. The summed E-state index contributed by atoms with van der Waals surface area (Å²) in [6, 6.07) is 15.1. The van der Waals surface area contributed by atoms with Crippen molar-refractivity contribution >= 4 is 23.2 Å². The first kappa shape index (κ1) is 24.9. The first-order valence-electron chi connectivity index (χ1n) is 10.7. The molecule has 1 heterocycles. The van der Waals surface area contributed by atoms with Gasteiger partial charge in [-0.1, -0.05) is 41.5 Å². The predicted octanol–water partition coefficient (Wildman–Crippen LogP) is 3.74. The fourth-order valence-electron chi connectivity index (χ4n) is 3.41.